The lowest BCUT2D eigenvalue weighted by atomic mass is 10.1. The Labute approximate surface area is 142 Å². The summed E-state index contributed by atoms with van der Waals surface area (Å²) in [7, 11) is 0. The van der Waals surface area contributed by atoms with Crippen LogP contribution in [-0.2, 0) is 6.42 Å². The third kappa shape index (κ3) is 5.94. The summed E-state index contributed by atoms with van der Waals surface area (Å²) in [4.78, 5) is 6.03. The summed E-state index contributed by atoms with van der Waals surface area (Å²) in [5, 5.41) is 18.2. The quantitative estimate of drug-likeness (QED) is 0.539. The molecule has 0 amide bonds. The minimum absolute atomic E-state index is 0.313. The second-order valence-corrected chi connectivity index (χ2v) is 6.46. The molecule has 1 unspecified atom stereocenters. The molecule has 2 aromatic rings. The average Bonchev–Trinajstić information content (AvgIpc) is 3.07. The van der Waals surface area contributed by atoms with Gasteiger partial charge in [0.05, 0.1) is 6.54 Å². The molecular weight excluding hydrogens is 306 g/mol. The predicted octanol–water partition coefficient (Wildman–Crippen LogP) is 3.36. The van der Waals surface area contributed by atoms with Crippen molar-refractivity contribution in [3.05, 3.63) is 52.2 Å². The zero-order valence-electron chi connectivity index (χ0n) is 13.7. The van der Waals surface area contributed by atoms with E-state index in [1.807, 2.05) is 12.1 Å². The zero-order chi connectivity index (χ0) is 16.5. The predicted molar refractivity (Wildman–Crippen MR) is 98.5 cm³/mol. The average molecular weight is 331 g/mol. The number of hydrogen-bond acceptors (Lipinski definition) is 3. The number of phenolic OH excluding ortho intramolecular Hbond substituents is 1. The van der Waals surface area contributed by atoms with Crippen molar-refractivity contribution < 1.29 is 5.11 Å². The van der Waals surface area contributed by atoms with Crippen LogP contribution in [-0.4, -0.2) is 30.7 Å². The van der Waals surface area contributed by atoms with Crippen LogP contribution in [0.3, 0.4) is 0 Å². The summed E-state index contributed by atoms with van der Waals surface area (Å²) in [5.41, 5.74) is 1.11. The second-order valence-electron chi connectivity index (χ2n) is 5.48. The van der Waals surface area contributed by atoms with E-state index in [9.17, 15) is 5.11 Å². The van der Waals surface area contributed by atoms with E-state index < -0.39 is 0 Å². The van der Waals surface area contributed by atoms with Crippen LogP contribution in [0.2, 0.25) is 0 Å². The highest BCUT2D eigenvalue weighted by atomic mass is 32.1. The SMILES string of the molecule is CCNC(=NCC(C)c1cccs1)NCCc1cccc(O)c1. The number of aliphatic imine (C=N–C) groups is 1. The maximum Gasteiger partial charge on any atom is 0.191 e. The summed E-state index contributed by atoms with van der Waals surface area (Å²) in [6.45, 7) is 6.65. The van der Waals surface area contributed by atoms with Crippen molar-refractivity contribution in [1.82, 2.24) is 10.6 Å². The molecule has 5 heteroatoms. The van der Waals surface area contributed by atoms with Gasteiger partial charge in [-0.2, -0.15) is 0 Å². The van der Waals surface area contributed by atoms with Crippen molar-refractivity contribution in [2.45, 2.75) is 26.2 Å². The topological polar surface area (TPSA) is 56.7 Å². The first kappa shape index (κ1) is 17.3. The molecule has 23 heavy (non-hydrogen) atoms. The van der Waals surface area contributed by atoms with Gasteiger partial charge in [-0.3, -0.25) is 4.99 Å². The van der Waals surface area contributed by atoms with Crippen molar-refractivity contribution in [2.75, 3.05) is 19.6 Å². The maximum atomic E-state index is 9.49. The van der Waals surface area contributed by atoms with Gasteiger partial charge in [0.2, 0.25) is 0 Å². The lowest BCUT2D eigenvalue weighted by Gasteiger charge is -2.13. The van der Waals surface area contributed by atoms with Crippen LogP contribution >= 0.6 is 11.3 Å². The molecule has 4 nitrogen and oxygen atoms in total. The highest BCUT2D eigenvalue weighted by molar-refractivity contribution is 7.10. The summed E-state index contributed by atoms with van der Waals surface area (Å²) >= 11 is 1.78. The Hall–Kier alpha value is -2.01. The molecule has 0 bridgehead atoms. The third-order valence-corrected chi connectivity index (χ3v) is 4.62. The van der Waals surface area contributed by atoms with Gasteiger partial charge in [-0.25, -0.2) is 0 Å². The molecule has 1 atom stereocenters. The molecular formula is C18H25N3OS. The van der Waals surface area contributed by atoms with Crippen LogP contribution < -0.4 is 10.6 Å². The fraction of sp³-hybridized carbons (Fsp3) is 0.389. The van der Waals surface area contributed by atoms with Crippen LogP contribution in [0.5, 0.6) is 5.75 Å². The molecule has 1 heterocycles. The van der Waals surface area contributed by atoms with Gasteiger partial charge in [-0.1, -0.05) is 25.1 Å². The first-order valence-corrected chi connectivity index (χ1v) is 8.90. The van der Waals surface area contributed by atoms with Crippen molar-refractivity contribution in [1.29, 1.82) is 0 Å². The lowest BCUT2D eigenvalue weighted by molar-refractivity contribution is 0.474. The molecule has 1 aromatic carbocycles. The molecule has 124 valence electrons. The number of rotatable bonds is 7. The molecule has 0 aliphatic rings. The number of benzene rings is 1. The van der Waals surface area contributed by atoms with E-state index in [1.54, 1.807) is 23.5 Å². The van der Waals surface area contributed by atoms with Crippen molar-refractivity contribution in [3.8, 4) is 5.75 Å². The van der Waals surface area contributed by atoms with Crippen LogP contribution in [0.25, 0.3) is 0 Å². The van der Waals surface area contributed by atoms with E-state index in [0.29, 0.717) is 11.7 Å². The van der Waals surface area contributed by atoms with Crippen LogP contribution in [0.4, 0.5) is 0 Å². The Balaban J connectivity index is 1.84. The number of hydrogen-bond donors (Lipinski definition) is 3. The van der Waals surface area contributed by atoms with Gasteiger partial charge < -0.3 is 15.7 Å². The van der Waals surface area contributed by atoms with Crippen molar-refractivity contribution in [2.24, 2.45) is 4.99 Å². The van der Waals surface area contributed by atoms with Crippen LogP contribution in [0.15, 0.2) is 46.8 Å². The molecule has 0 saturated heterocycles. The summed E-state index contributed by atoms with van der Waals surface area (Å²) in [6.07, 6.45) is 0.847. The van der Waals surface area contributed by atoms with Crippen molar-refractivity contribution >= 4 is 17.3 Å². The van der Waals surface area contributed by atoms with E-state index in [4.69, 9.17) is 0 Å². The lowest BCUT2D eigenvalue weighted by Crippen LogP contribution is -2.38. The smallest absolute Gasteiger partial charge is 0.191 e. The molecule has 2 rings (SSSR count). The van der Waals surface area contributed by atoms with Gasteiger partial charge in [0.25, 0.3) is 0 Å². The van der Waals surface area contributed by atoms with Gasteiger partial charge in [0, 0.05) is 23.9 Å². The van der Waals surface area contributed by atoms with Gasteiger partial charge in [-0.15, -0.1) is 11.3 Å². The maximum absolute atomic E-state index is 9.49. The number of nitrogens with one attached hydrogen (secondary N) is 2. The Kier molecular flexibility index (Phi) is 6.94. The monoisotopic (exact) mass is 331 g/mol. The number of phenols is 1. The highest BCUT2D eigenvalue weighted by Gasteiger charge is 2.06. The number of nitrogens with zero attached hydrogens (tertiary/aromatic N) is 1. The number of thiophene rings is 1. The van der Waals surface area contributed by atoms with Gasteiger partial charge in [0.1, 0.15) is 5.75 Å². The number of guanidine groups is 1. The number of aromatic hydroxyl groups is 1. The summed E-state index contributed by atoms with van der Waals surface area (Å²) in [5.74, 6) is 1.58. The zero-order valence-corrected chi connectivity index (χ0v) is 14.6. The molecule has 1 aromatic heterocycles. The normalized spacial score (nSPS) is 12.9. The van der Waals surface area contributed by atoms with Gasteiger partial charge in [-0.05, 0) is 42.5 Å². The minimum Gasteiger partial charge on any atom is -0.508 e. The van der Waals surface area contributed by atoms with E-state index in [0.717, 1.165) is 37.6 Å². The Morgan fingerprint density at radius 3 is 2.83 bits per heavy atom. The first-order valence-electron chi connectivity index (χ1n) is 8.02. The summed E-state index contributed by atoms with van der Waals surface area (Å²) in [6, 6.07) is 11.6. The van der Waals surface area contributed by atoms with Gasteiger partial charge >= 0.3 is 0 Å². The largest absolute Gasteiger partial charge is 0.508 e. The second kappa shape index (κ2) is 9.20. The molecule has 3 N–H and O–H groups in total. The molecule has 0 aliphatic heterocycles. The standard InChI is InChI=1S/C18H25N3OS/c1-3-19-18(21-13-14(2)17-8-5-11-23-17)20-10-9-15-6-4-7-16(22)12-15/h4-8,11-12,14,22H,3,9-10,13H2,1-2H3,(H2,19,20,21). The first-order chi connectivity index (χ1) is 11.2. The van der Waals surface area contributed by atoms with Gasteiger partial charge in [0.15, 0.2) is 5.96 Å². The Morgan fingerprint density at radius 1 is 1.26 bits per heavy atom. The van der Waals surface area contributed by atoms with E-state index in [1.165, 1.54) is 4.88 Å². The van der Waals surface area contributed by atoms with Crippen LogP contribution in [0.1, 0.15) is 30.2 Å². The molecule has 0 aliphatic carbocycles. The molecule has 0 saturated carbocycles. The highest BCUT2D eigenvalue weighted by Crippen LogP contribution is 2.20. The third-order valence-electron chi connectivity index (χ3n) is 3.51. The van der Waals surface area contributed by atoms with E-state index in [-0.39, 0.29) is 0 Å². The van der Waals surface area contributed by atoms with Crippen molar-refractivity contribution in [3.63, 3.8) is 0 Å². The Bertz CT molecular complexity index is 610. The van der Waals surface area contributed by atoms with E-state index >= 15 is 0 Å². The fourth-order valence-corrected chi connectivity index (χ4v) is 3.05. The fourth-order valence-electron chi connectivity index (χ4n) is 2.27. The van der Waals surface area contributed by atoms with E-state index in [2.05, 4.69) is 47.0 Å². The van der Waals surface area contributed by atoms with Crippen LogP contribution in [0, 0.1) is 0 Å². The Morgan fingerprint density at radius 2 is 2.13 bits per heavy atom. The minimum atomic E-state index is 0.313. The molecule has 0 spiro atoms. The molecule has 0 fully saturated rings. The molecule has 0 radical (unpaired) electrons. The summed E-state index contributed by atoms with van der Waals surface area (Å²) < 4.78 is 0.